The van der Waals surface area contributed by atoms with Gasteiger partial charge in [-0.1, -0.05) is 18.2 Å². The predicted molar refractivity (Wildman–Crippen MR) is 70.3 cm³/mol. The van der Waals surface area contributed by atoms with E-state index in [2.05, 4.69) is 15.3 Å². The minimum atomic E-state index is 0.589. The summed E-state index contributed by atoms with van der Waals surface area (Å²) in [5.74, 6) is 2.40. The Bertz CT molecular complexity index is 675. The van der Waals surface area contributed by atoms with Crippen LogP contribution in [0.15, 0.2) is 47.0 Å². The molecular formula is C14H13N3O. The molecule has 18 heavy (non-hydrogen) atoms. The van der Waals surface area contributed by atoms with E-state index in [0.29, 0.717) is 12.5 Å². The molecule has 0 saturated heterocycles. The number of hydrogen-bond donors (Lipinski definition) is 1. The van der Waals surface area contributed by atoms with Crippen molar-refractivity contribution < 1.29 is 4.42 Å². The molecule has 90 valence electrons. The molecule has 4 nitrogen and oxygen atoms in total. The molecule has 0 unspecified atom stereocenters. The molecule has 0 aliphatic rings. The highest BCUT2D eigenvalue weighted by atomic mass is 16.3. The van der Waals surface area contributed by atoms with Gasteiger partial charge in [-0.15, -0.1) is 0 Å². The summed E-state index contributed by atoms with van der Waals surface area (Å²) in [6, 6.07) is 11.8. The molecule has 3 aromatic rings. The van der Waals surface area contributed by atoms with Gasteiger partial charge in [-0.25, -0.2) is 9.97 Å². The summed E-state index contributed by atoms with van der Waals surface area (Å²) in [5, 5.41) is 4.19. The molecule has 3 rings (SSSR count). The van der Waals surface area contributed by atoms with E-state index < -0.39 is 0 Å². The summed E-state index contributed by atoms with van der Waals surface area (Å²) in [5.41, 5.74) is 0.936. The van der Waals surface area contributed by atoms with Crippen molar-refractivity contribution in [2.45, 2.75) is 13.5 Å². The monoisotopic (exact) mass is 239 g/mol. The maximum Gasteiger partial charge on any atom is 0.223 e. The summed E-state index contributed by atoms with van der Waals surface area (Å²) < 4.78 is 5.47. The second-order valence-corrected chi connectivity index (χ2v) is 4.12. The summed E-state index contributed by atoms with van der Waals surface area (Å²) >= 11 is 0. The second-order valence-electron chi connectivity index (χ2n) is 4.12. The molecule has 0 spiro atoms. The van der Waals surface area contributed by atoms with Gasteiger partial charge in [0, 0.05) is 11.6 Å². The first-order chi connectivity index (χ1) is 8.81. The number of benzene rings is 1. The van der Waals surface area contributed by atoms with Crippen LogP contribution in [0.5, 0.6) is 0 Å². The fraction of sp³-hybridized carbons (Fsp3) is 0.143. The van der Waals surface area contributed by atoms with Crippen LogP contribution in [-0.4, -0.2) is 9.97 Å². The van der Waals surface area contributed by atoms with E-state index in [9.17, 15) is 0 Å². The van der Waals surface area contributed by atoms with Gasteiger partial charge in [0.05, 0.1) is 12.1 Å². The molecule has 0 atom stereocenters. The van der Waals surface area contributed by atoms with Crippen molar-refractivity contribution >= 4 is 16.9 Å². The van der Waals surface area contributed by atoms with Crippen LogP contribution in [0.1, 0.15) is 11.5 Å². The fourth-order valence-corrected chi connectivity index (χ4v) is 1.80. The van der Waals surface area contributed by atoms with E-state index in [1.54, 1.807) is 0 Å². The van der Waals surface area contributed by atoms with Gasteiger partial charge in [0.25, 0.3) is 0 Å². The zero-order valence-electron chi connectivity index (χ0n) is 10.1. The Morgan fingerprint density at radius 3 is 2.89 bits per heavy atom. The van der Waals surface area contributed by atoms with Gasteiger partial charge < -0.3 is 9.73 Å². The third-order valence-electron chi connectivity index (χ3n) is 2.71. The smallest absolute Gasteiger partial charge is 0.223 e. The first-order valence-corrected chi connectivity index (χ1v) is 5.82. The zero-order chi connectivity index (χ0) is 12.4. The standard InChI is InChI=1S/C14H13N3O/c1-10-6-7-12(18-10)9-16-14-15-8-11-4-2-3-5-13(11)17-14/h2-8H,9H2,1H3,(H,15,16,17). The predicted octanol–water partition coefficient (Wildman–Crippen LogP) is 3.14. The molecule has 4 heteroatoms. The number of furan rings is 1. The minimum Gasteiger partial charge on any atom is -0.465 e. The molecule has 1 N–H and O–H groups in total. The van der Waals surface area contributed by atoms with Gasteiger partial charge in [-0.05, 0) is 25.1 Å². The van der Waals surface area contributed by atoms with Crippen LogP contribution >= 0.6 is 0 Å². The lowest BCUT2D eigenvalue weighted by molar-refractivity contribution is 0.490. The van der Waals surface area contributed by atoms with Gasteiger partial charge >= 0.3 is 0 Å². The highest BCUT2D eigenvalue weighted by Gasteiger charge is 2.01. The Balaban J connectivity index is 1.78. The van der Waals surface area contributed by atoms with Crippen LogP contribution < -0.4 is 5.32 Å². The van der Waals surface area contributed by atoms with Crippen molar-refractivity contribution in [2.75, 3.05) is 5.32 Å². The summed E-state index contributed by atoms with van der Waals surface area (Å²) in [4.78, 5) is 8.70. The molecule has 0 bridgehead atoms. The van der Waals surface area contributed by atoms with Crippen molar-refractivity contribution in [2.24, 2.45) is 0 Å². The van der Waals surface area contributed by atoms with Crippen LogP contribution in [0.2, 0.25) is 0 Å². The number of nitrogens with one attached hydrogen (secondary N) is 1. The normalized spacial score (nSPS) is 10.7. The van der Waals surface area contributed by atoms with Crippen LogP contribution in [0, 0.1) is 6.92 Å². The van der Waals surface area contributed by atoms with Crippen molar-refractivity contribution in [3.63, 3.8) is 0 Å². The van der Waals surface area contributed by atoms with E-state index >= 15 is 0 Å². The van der Waals surface area contributed by atoms with Gasteiger partial charge in [-0.3, -0.25) is 0 Å². The molecule has 0 radical (unpaired) electrons. The third-order valence-corrected chi connectivity index (χ3v) is 2.71. The first kappa shape index (κ1) is 10.8. The Morgan fingerprint density at radius 1 is 1.17 bits per heavy atom. The van der Waals surface area contributed by atoms with Crippen molar-refractivity contribution in [3.8, 4) is 0 Å². The van der Waals surface area contributed by atoms with Crippen molar-refractivity contribution in [1.82, 2.24) is 9.97 Å². The number of aryl methyl sites for hydroxylation is 1. The van der Waals surface area contributed by atoms with Crippen LogP contribution in [-0.2, 0) is 6.54 Å². The lowest BCUT2D eigenvalue weighted by Gasteiger charge is -2.03. The SMILES string of the molecule is Cc1ccc(CNc2ncc3ccccc3n2)o1. The molecule has 0 saturated carbocycles. The summed E-state index contributed by atoms with van der Waals surface area (Å²) in [7, 11) is 0. The lowest BCUT2D eigenvalue weighted by atomic mass is 10.2. The number of nitrogens with zero attached hydrogens (tertiary/aromatic N) is 2. The number of hydrogen-bond acceptors (Lipinski definition) is 4. The number of rotatable bonds is 3. The summed E-state index contributed by atoms with van der Waals surface area (Å²) in [6.45, 7) is 2.52. The van der Waals surface area contributed by atoms with Crippen molar-refractivity contribution in [3.05, 3.63) is 54.1 Å². The third kappa shape index (κ3) is 2.18. The molecule has 0 fully saturated rings. The maximum atomic E-state index is 5.47. The topological polar surface area (TPSA) is 51.0 Å². The average Bonchev–Trinajstić information content (AvgIpc) is 2.82. The molecule has 2 heterocycles. The summed E-state index contributed by atoms with van der Waals surface area (Å²) in [6.07, 6.45) is 1.82. The quantitative estimate of drug-likeness (QED) is 0.762. The minimum absolute atomic E-state index is 0.589. The second kappa shape index (κ2) is 4.49. The highest BCUT2D eigenvalue weighted by Crippen LogP contribution is 2.13. The number of para-hydroxylation sites is 1. The average molecular weight is 239 g/mol. The van der Waals surface area contributed by atoms with Crippen LogP contribution in [0.4, 0.5) is 5.95 Å². The lowest BCUT2D eigenvalue weighted by Crippen LogP contribution is -2.02. The van der Waals surface area contributed by atoms with Crippen LogP contribution in [0.25, 0.3) is 10.9 Å². The Morgan fingerprint density at radius 2 is 2.06 bits per heavy atom. The van der Waals surface area contributed by atoms with E-state index in [1.807, 2.05) is 49.5 Å². The molecule has 0 aliphatic carbocycles. The van der Waals surface area contributed by atoms with Gasteiger partial charge in [0.1, 0.15) is 11.5 Å². The van der Waals surface area contributed by atoms with E-state index in [-0.39, 0.29) is 0 Å². The van der Waals surface area contributed by atoms with Gasteiger partial charge in [0.2, 0.25) is 5.95 Å². The van der Waals surface area contributed by atoms with Gasteiger partial charge in [0.15, 0.2) is 0 Å². The zero-order valence-corrected chi connectivity index (χ0v) is 10.1. The van der Waals surface area contributed by atoms with E-state index in [4.69, 9.17) is 4.42 Å². The largest absolute Gasteiger partial charge is 0.465 e. The first-order valence-electron chi connectivity index (χ1n) is 5.82. The van der Waals surface area contributed by atoms with Crippen molar-refractivity contribution in [1.29, 1.82) is 0 Å². The molecule has 0 amide bonds. The fourth-order valence-electron chi connectivity index (χ4n) is 1.80. The van der Waals surface area contributed by atoms with Gasteiger partial charge in [-0.2, -0.15) is 0 Å². The molecule has 0 aliphatic heterocycles. The van der Waals surface area contributed by atoms with E-state index in [0.717, 1.165) is 22.4 Å². The molecule has 1 aromatic carbocycles. The highest BCUT2D eigenvalue weighted by molar-refractivity contribution is 5.78. The Hall–Kier alpha value is -2.36. The maximum absolute atomic E-state index is 5.47. The number of fused-ring (bicyclic) bond motifs is 1. The van der Waals surface area contributed by atoms with Crippen LogP contribution in [0.3, 0.4) is 0 Å². The Kier molecular flexibility index (Phi) is 2.68. The Labute approximate surface area is 105 Å². The van der Waals surface area contributed by atoms with E-state index in [1.165, 1.54) is 0 Å². The molecular weight excluding hydrogens is 226 g/mol. The molecule has 2 aromatic heterocycles. The number of aromatic nitrogens is 2. The number of anilines is 1.